The maximum Gasteiger partial charge on any atom is 0.407 e. The number of carboxylic acid groups (broad SMARTS) is 1. The first-order chi connectivity index (χ1) is 14.5. The molecule has 1 aliphatic heterocycles. The number of amides is 1. The Balaban J connectivity index is 1.69. The Morgan fingerprint density at radius 2 is 2.17 bits per heavy atom. The molecule has 5 rings (SSSR count). The van der Waals surface area contributed by atoms with E-state index in [1.807, 2.05) is 19.2 Å². The molecule has 0 spiro atoms. The van der Waals surface area contributed by atoms with Gasteiger partial charge in [0.2, 0.25) is 0 Å². The van der Waals surface area contributed by atoms with Crippen molar-refractivity contribution in [3.05, 3.63) is 36.3 Å². The Bertz CT molecular complexity index is 1300. The van der Waals surface area contributed by atoms with E-state index in [1.165, 1.54) is 11.2 Å². The maximum atomic E-state index is 11.4. The second kappa shape index (κ2) is 6.88. The van der Waals surface area contributed by atoms with E-state index in [4.69, 9.17) is 10.5 Å². The molecule has 1 aliphatic rings. The van der Waals surface area contributed by atoms with Gasteiger partial charge in [-0.05, 0) is 36.4 Å². The summed E-state index contributed by atoms with van der Waals surface area (Å²) >= 11 is 1.64. The lowest BCUT2D eigenvalue weighted by atomic mass is 10.1. The Hall–Kier alpha value is -3.33. The number of aryl methyl sites for hydroxylation is 1. The smallest absolute Gasteiger partial charge is 0.407 e. The molecule has 0 unspecified atom stereocenters. The van der Waals surface area contributed by atoms with Gasteiger partial charge in [-0.15, -0.1) is 11.3 Å². The van der Waals surface area contributed by atoms with Crippen LogP contribution in [0.4, 0.5) is 10.6 Å². The largest absolute Gasteiger partial charge is 0.495 e. The summed E-state index contributed by atoms with van der Waals surface area (Å²) in [5.41, 5.74) is 9.09. The molecule has 8 nitrogen and oxygen atoms in total. The van der Waals surface area contributed by atoms with Gasteiger partial charge in [0.05, 0.1) is 23.2 Å². The Morgan fingerprint density at radius 1 is 1.33 bits per heavy atom. The number of likely N-dealkylation sites (tertiary alicyclic amines) is 1. The molecule has 3 N–H and O–H groups in total. The van der Waals surface area contributed by atoms with E-state index in [-0.39, 0.29) is 6.04 Å². The Labute approximate surface area is 176 Å². The number of carbonyl (C=O) groups is 1. The minimum Gasteiger partial charge on any atom is -0.495 e. The van der Waals surface area contributed by atoms with Crippen LogP contribution in [-0.2, 0) is 0 Å². The molecule has 30 heavy (non-hydrogen) atoms. The van der Waals surface area contributed by atoms with Crippen LogP contribution in [0.15, 0.2) is 30.7 Å². The third-order valence-corrected chi connectivity index (χ3v) is 6.88. The number of hydrogen-bond donors (Lipinski definition) is 2. The number of benzene rings is 1. The number of aromatic nitrogens is 3. The molecule has 3 aromatic heterocycles. The van der Waals surface area contributed by atoms with Crippen LogP contribution in [0.5, 0.6) is 5.75 Å². The lowest BCUT2D eigenvalue weighted by Crippen LogP contribution is -2.27. The average Bonchev–Trinajstić information content (AvgIpc) is 3.43. The third-order valence-electron chi connectivity index (χ3n) is 5.68. The van der Waals surface area contributed by atoms with Crippen molar-refractivity contribution in [2.24, 2.45) is 0 Å². The summed E-state index contributed by atoms with van der Waals surface area (Å²) in [6, 6.07) is 6.32. The van der Waals surface area contributed by atoms with Gasteiger partial charge < -0.3 is 25.0 Å². The van der Waals surface area contributed by atoms with Crippen LogP contribution in [-0.4, -0.2) is 50.8 Å². The van der Waals surface area contributed by atoms with E-state index in [0.717, 1.165) is 49.3 Å². The van der Waals surface area contributed by atoms with E-state index in [1.54, 1.807) is 18.4 Å². The fourth-order valence-electron chi connectivity index (χ4n) is 4.26. The zero-order valence-electron chi connectivity index (χ0n) is 16.6. The Morgan fingerprint density at radius 3 is 2.90 bits per heavy atom. The number of anilines is 1. The van der Waals surface area contributed by atoms with E-state index >= 15 is 0 Å². The molecule has 9 heteroatoms. The summed E-state index contributed by atoms with van der Waals surface area (Å²) in [6.45, 7) is 2.99. The number of thiophene rings is 1. The quantitative estimate of drug-likeness (QED) is 0.513. The topological polar surface area (TPSA) is 106 Å². The van der Waals surface area contributed by atoms with Crippen LogP contribution in [0.3, 0.4) is 0 Å². The summed E-state index contributed by atoms with van der Waals surface area (Å²) in [6.07, 6.45) is 3.34. The molecular formula is C21H21N5O3S. The minimum absolute atomic E-state index is 0.0119. The minimum atomic E-state index is -0.893. The molecule has 1 aromatic carbocycles. The van der Waals surface area contributed by atoms with Crippen molar-refractivity contribution in [3.63, 3.8) is 0 Å². The number of ether oxygens (including phenoxy) is 1. The molecule has 4 heterocycles. The summed E-state index contributed by atoms with van der Waals surface area (Å²) in [7, 11) is 1.68. The molecule has 0 saturated carbocycles. The van der Waals surface area contributed by atoms with Crippen LogP contribution < -0.4 is 10.5 Å². The van der Waals surface area contributed by atoms with Crippen molar-refractivity contribution in [3.8, 4) is 16.2 Å². The van der Waals surface area contributed by atoms with Crippen molar-refractivity contribution in [2.45, 2.75) is 19.4 Å². The first kappa shape index (κ1) is 18.7. The Kier molecular flexibility index (Phi) is 4.28. The first-order valence-electron chi connectivity index (χ1n) is 9.63. The van der Waals surface area contributed by atoms with E-state index in [9.17, 15) is 9.90 Å². The number of fused-ring (bicyclic) bond motifs is 2. The van der Waals surface area contributed by atoms with E-state index in [2.05, 4.69) is 26.7 Å². The fraction of sp³-hybridized carbons (Fsp3) is 0.286. The van der Waals surface area contributed by atoms with Crippen LogP contribution in [0, 0.1) is 6.92 Å². The second-order valence-corrected chi connectivity index (χ2v) is 8.63. The van der Waals surface area contributed by atoms with Crippen molar-refractivity contribution in [2.75, 3.05) is 25.9 Å². The van der Waals surface area contributed by atoms with Crippen molar-refractivity contribution in [1.82, 2.24) is 19.4 Å². The monoisotopic (exact) mass is 423 g/mol. The number of nitrogen functional groups attached to an aromatic ring is 1. The van der Waals surface area contributed by atoms with Gasteiger partial charge in [-0.3, -0.25) is 0 Å². The maximum absolute atomic E-state index is 11.4. The molecule has 1 atom stereocenters. The molecule has 0 radical (unpaired) electrons. The number of nitrogens with two attached hydrogens (primary N) is 1. The van der Waals surface area contributed by atoms with Crippen molar-refractivity contribution in [1.29, 1.82) is 0 Å². The molecule has 0 aliphatic carbocycles. The highest BCUT2D eigenvalue weighted by Crippen LogP contribution is 2.43. The highest BCUT2D eigenvalue weighted by atomic mass is 32.1. The average molecular weight is 423 g/mol. The van der Waals surface area contributed by atoms with Gasteiger partial charge in [-0.1, -0.05) is 6.07 Å². The number of hydrogen-bond acceptors (Lipinski definition) is 6. The van der Waals surface area contributed by atoms with Gasteiger partial charge in [0.1, 0.15) is 23.5 Å². The number of nitrogens with zero attached hydrogens (tertiary/aromatic N) is 4. The van der Waals surface area contributed by atoms with Gasteiger partial charge in [0.15, 0.2) is 0 Å². The molecule has 1 fully saturated rings. The molecule has 1 saturated heterocycles. The number of methoxy groups -OCH3 is 1. The summed E-state index contributed by atoms with van der Waals surface area (Å²) in [5, 5.41) is 11.2. The lowest BCUT2D eigenvalue weighted by Gasteiger charge is -2.14. The SMILES string of the molecule is COc1cc(C)cc2cc(-c3cn([C@H]4CCN(C(=O)O)C4)c4ncnc(N)c34)sc12. The molecule has 1 amide bonds. The normalized spacial score (nSPS) is 16.6. The van der Waals surface area contributed by atoms with Gasteiger partial charge in [0.25, 0.3) is 0 Å². The van der Waals surface area contributed by atoms with Crippen molar-refractivity contribution >= 4 is 44.4 Å². The summed E-state index contributed by atoms with van der Waals surface area (Å²) in [4.78, 5) is 22.6. The van der Waals surface area contributed by atoms with Crippen molar-refractivity contribution < 1.29 is 14.6 Å². The second-order valence-electron chi connectivity index (χ2n) is 7.57. The van der Waals surface area contributed by atoms with E-state index < -0.39 is 6.09 Å². The molecule has 4 aromatic rings. The van der Waals surface area contributed by atoms with Crippen LogP contribution in [0.1, 0.15) is 18.0 Å². The zero-order valence-corrected chi connectivity index (χ0v) is 17.4. The van der Waals surface area contributed by atoms with Gasteiger partial charge in [0, 0.05) is 29.7 Å². The lowest BCUT2D eigenvalue weighted by molar-refractivity contribution is 0.154. The summed E-state index contributed by atoms with van der Waals surface area (Å²) in [5.74, 6) is 1.27. The van der Waals surface area contributed by atoms with Gasteiger partial charge in [-0.2, -0.15) is 0 Å². The third kappa shape index (κ3) is 2.85. The summed E-state index contributed by atoms with van der Waals surface area (Å²) < 4.78 is 8.71. The molecule has 154 valence electrons. The van der Waals surface area contributed by atoms with E-state index in [0.29, 0.717) is 18.9 Å². The number of rotatable bonds is 3. The zero-order chi connectivity index (χ0) is 21.0. The predicted molar refractivity (Wildman–Crippen MR) is 117 cm³/mol. The predicted octanol–water partition coefficient (Wildman–Crippen LogP) is 4.14. The van der Waals surface area contributed by atoms with Crippen LogP contribution in [0.25, 0.3) is 31.6 Å². The standard InChI is InChI=1S/C21H21N5O3S/c1-11-5-12-7-16(30-18(12)15(6-11)29-2)14-9-26(13-3-4-25(8-13)21(27)28)20-17(14)19(22)23-10-24-20/h5-7,9-10,13H,3-4,8H2,1-2H3,(H,27,28)(H2,22,23,24)/t13-/m0/s1. The highest BCUT2D eigenvalue weighted by molar-refractivity contribution is 7.22. The molecule has 0 bridgehead atoms. The van der Waals surface area contributed by atoms with Gasteiger partial charge >= 0.3 is 6.09 Å². The first-order valence-corrected chi connectivity index (χ1v) is 10.5. The van der Waals surface area contributed by atoms with Gasteiger partial charge in [-0.25, -0.2) is 14.8 Å². The molecular weight excluding hydrogens is 402 g/mol. The van der Waals surface area contributed by atoms with Crippen LogP contribution >= 0.6 is 11.3 Å². The highest BCUT2D eigenvalue weighted by Gasteiger charge is 2.29. The fourth-order valence-corrected chi connectivity index (χ4v) is 5.41. The van der Waals surface area contributed by atoms with Crippen LogP contribution in [0.2, 0.25) is 0 Å².